The third kappa shape index (κ3) is 4.70. The van der Waals surface area contributed by atoms with Gasteiger partial charge < -0.3 is 14.8 Å². The van der Waals surface area contributed by atoms with E-state index < -0.39 is 6.09 Å². The molecular weight excluding hydrogens is 248 g/mol. The van der Waals surface area contributed by atoms with Gasteiger partial charge in [0.2, 0.25) is 0 Å². The Morgan fingerprint density at radius 3 is 2.58 bits per heavy atom. The fraction of sp³-hybridized carbons (Fsp3) is 0.846. The van der Waals surface area contributed by atoms with Gasteiger partial charge in [-0.05, 0) is 27.2 Å². The van der Waals surface area contributed by atoms with Crippen LogP contribution in [0.1, 0.15) is 27.2 Å². The number of hydrogen-bond acceptors (Lipinski definition) is 5. The van der Waals surface area contributed by atoms with E-state index in [0.717, 1.165) is 6.54 Å². The molecule has 1 amide bonds. The fourth-order valence-corrected chi connectivity index (χ4v) is 2.34. The van der Waals surface area contributed by atoms with Crippen molar-refractivity contribution in [3.63, 3.8) is 0 Å². The van der Waals surface area contributed by atoms with Crippen molar-refractivity contribution in [1.82, 2.24) is 10.2 Å². The molecule has 1 aliphatic rings. The monoisotopic (exact) mass is 272 g/mol. The minimum atomic E-state index is -0.429. The average Bonchev–Trinajstić information content (AvgIpc) is 2.37. The highest BCUT2D eigenvalue weighted by atomic mass is 16.5. The molecule has 0 aromatic carbocycles. The van der Waals surface area contributed by atoms with Crippen molar-refractivity contribution < 1.29 is 19.1 Å². The summed E-state index contributed by atoms with van der Waals surface area (Å²) < 4.78 is 9.69. The van der Waals surface area contributed by atoms with Gasteiger partial charge >= 0.3 is 12.1 Å². The van der Waals surface area contributed by atoms with Crippen LogP contribution in [0.2, 0.25) is 0 Å². The molecule has 0 aromatic heterocycles. The molecule has 1 fully saturated rings. The molecule has 6 nitrogen and oxygen atoms in total. The van der Waals surface area contributed by atoms with Gasteiger partial charge in [-0.2, -0.15) is 0 Å². The van der Waals surface area contributed by atoms with Crippen LogP contribution < -0.4 is 5.32 Å². The van der Waals surface area contributed by atoms with Gasteiger partial charge in [-0.3, -0.25) is 9.69 Å². The number of ether oxygens (including phenoxy) is 2. The van der Waals surface area contributed by atoms with Crippen LogP contribution in [0.3, 0.4) is 0 Å². The summed E-state index contributed by atoms with van der Waals surface area (Å²) in [6, 6.07) is 0.234. The molecule has 2 atom stereocenters. The number of nitrogens with one attached hydrogen (secondary N) is 1. The Labute approximate surface area is 114 Å². The lowest BCUT2D eigenvalue weighted by Crippen LogP contribution is -2.54. The summed E-state index contributed by atoms with van der Waals surface area (Å²) in [5, 5.41) is 2.80. The van der Waals surface area contributed by atoms with Crippen molar-refractivity contribution in [3.05, 3.63) is 0 Å². The van der Waals surface area contributed by atoms with Crippen molar-refractivity contribution in [1.29, 1.82) is 0 Å². The van der Waals surface area contributed by atoms with Crippen molar-refractivity contribution in [2.24, 2.45) is 5.92 Å². The van der Waals surface area contributed by atoms with Gasteiger partial charge in [0.15, 0.2) is 0 Å². The van der Waals surface area contributed by atoms with Gasteiger partial charge in [-0.15, -0.1) is 0 Å². The van der Waals surface area contributed by atoms with Crippen LogP contribution in [-0.4, -0.2) is 55.9 Å². The maximum Gasteiger partial charge on any atom is 0.407 e. The first-order valence-corrected chi connectivity index (χ1v) is 6.73. The first-order chi connectivity index (χ1) is 8.97. The van der Waals surface area contributed by atoms with Crippen LogP contribution in [0, 0.1) is 5.92 Å². The van der Waals surface area contributed by atoms with Crippen LogP contribution in [0.4, 0.5) is 4.79 Å². The maximum atomic E-state index is 11.7. The van der Waals surface area contributed by atoms with E-state index >= 15 is 0 Å². The first-order valence-electron chi connectivity index (χ1n) is 6.73. The molecule has 0 radical (unpaired) electrons. The molecule has 0 saturated carbocycles. The van der Waals surface area contributed by atoms with Crippen molar-refractivity contribution >= 4 is 12.1 Å². The molecule has 1 rings (SSSR count). The third-order valence-corrected chi connectivity index (χ3v) is 3.34. The molecule has 0 aromatic rings. The molecule has 1 saturated heterocycles. The summed E-state index contributed by atoms with van der Waals surface area (Å²) in [4.78, 5) is 25.3. The van der Waals surface area contributed by atoms with E-state index in [0.29, 0.717) is 25.6 Å². The van der Waals surface area contributed by atoms with Crippen LogP contribution in [-0.2, 0) is 14.3 Å². The zero-order valence-electron chi connectivity index (χ0n) is 12.1. The molecule has 110 valence electrons. The van der Waals surface area contributed by atoms with E-state index in [9.17, 15) is 9.59 Å². The summed E-state index contributed by atoms with van der Waals surface area (Å²) >= 11 is 0. The Bertz CT molecular complexity index is 320. The zero-order valence-corrected chi connectivity index (χ0v) is 12.1. The van der Waals surface area contributed by atoms with Crippen LogP contribution in [0.15, 0.2) is 0 Å². The fourth-order valence-electron chi connectivity index (χ4n) is 2.34. The number of nitrogens with zero attached hydrogens (tertiary/aromatic N) is 1. The molecule has 0 spiro atoms. The SMILES string of the molecule is CCOC(=O)NC1CC(C(=O)OC)CN(C(C)C)C1. The predicted octanol–water partition coefficient (Wildman–Crippen LogP) is 1.00. The minimum absolute atomic E-state index is 0.0840. The molecular formula is C13H24N2O4. The van der Waals surface area contributed by atoms with E-state index in [1.54, 1.807) is 6.92 Å². The summed E-state index contributed by atoms with van der Waals surface area (Å²) in [7, 11) is 1.39. The molecule has 1 N–H and O–H groups in total. The van der Waals surface area contributed by atoms with Gasteiger partial charge in [0, 0.05) is 25.2 Å². The van der Waals surface area contributed by atoms with Crippen molar-refractivity contribution in [3.8, 4) is 0 Å². The molecule has 19 heavy (non-hydrogen) atoms. The molecule has 2 unspecified atom stereocenters. The molecule has 0 aliphatic carbocycles. The lowest BCUT2D eigenvalue weighted by molar-refractivity contribution is -0.148. The van der Waals surface area contributed by atoms with Crippen LogP contribution >= 0.6 is 0 Å². The number of methoxy groups -OCH3 is 1. The highest BCUT2D eigenvalue weighted by molar-refractivity contribution is 5.73. The van der Waals surface area contributed by atoms with Crippen LogP contribution in [0.5, 0.6) is 0 Å². The largest absolute Gasteiger partial charge is 0.469 e. The molecule has 1 aliphatic heterocycles. The third-order valence-electron chi connectivity index (χ3n) is 3.34. The minimum Gasteiger partial charge on any atom is -0.469 e. The number of rotatable bonds is 4. The van der Waals surface area contributed by atoms with Gasteiger partial charge in [-0.1, -0.05) is 0 Å². The second kappa shape index (κ2) is 7.33. The smallest absolute Gasteiger partial charge is 0.407 e. The quantitative estimate of drug-likeness (QED) is 0.773. The molecule has 1 heterocycles. The lowest BCUT2D eigenvalue weighted by Gasteiger charge is -2.38. The second-order valence-electron chi connectivity index (χ2n) is 5.07. The maximum absolute atomic E-state index is 11.7. The Morgan fingerprint density at radius 2 is 2.05 bits per heavy atom. The molecule has 0 bridgehead atoms. The van der Waals surface area contributed by atoms with E-state index in [1.807, 2.05) is 0 Å². The standard InChI is InChI=1S/C13H24N2O4/c1-5-19-13(17)14-11-6-10(12(16)18-4)7-15(8-11)9(2)3/h9-11H,5-8H2,1-4H3,(H,14,17). The number of alkyl carbamates (subject to hydrolysis) is 1. The Balaban J connectivity index is 2.64. The average molecular weight is 272 g/mol. The number of carbonyl (C=O) groups excluding carboxylic acids is 2. The Hall–Kier alpha value is -1.30. The number of likely N-dealkylation sites (tertiary alicyclic amines) is 1. The van der Waals surface area contributed by atoms with Gasteiger partial charge in [0.25, 0.3) is 0 Å². The van der Waals surface area contributed by atoms with Crippen LogP contribution in [0.25, 0.3) is 0 Å². The van der Waals surface area contributed by atoms with Gasteiger partial charge in [0.05, 0.1) is 19.6 Å². The highest BCUT2D eigenvalue weighted by Gasteiger charge is 2.34. The van der Waals surface area contributed by atoms with E-state index in [1.165, 1.54) is 7.11 Å². The van der Waals surface area contributed by atoms with Crippen molar-refractivity contribution in [2.75, 3.05) is 26.8 Å². The predicted molar refractivity (Wildman–Crippen MR) is 70.8 cm³/mol. The van der Waals surface area contributed by atoms with Crippen molar-refractivity contribution in [2.45, 2.75) is 39.3 Å². The summed E-state index contributed by atoms with van der Waals surface area (Å²) in [5.74, 6) is -0.422. The van der Waals surface area contributed by atoms with Gasteiger partial charge in [-0.25, -0.2) is 4.79 Å². The van der Waals surface area contributed by atoms with E-state index in [4.69, 9.17) is 9.47 Å². The summed E-state index contributed by atoms with van der Waals surface area (Å²) in [6.45, 7) is 7.64. The van der Waals surface area contributed by atoms with E-state index in [2.05, 4.69) is 24.1 Å². The number of hydrogen-bond donors (Lipinski definition) is 1. The summed E-state index contributed by atoms with van der Waals surface area (Å²) in [6.07, 6.45) is 0.163. The first kappa shape index (κ1) is 15.8. The number of esters is 1. The summed E-state index contributed by atoms with van der Waals surface area (Å²) in [5.41, 5.74) is 0. The molecule has 6 heteroatoms. The second-order valence-corrected chi connectivity index (χ2v) is 5.07. The van der Waals surface area contributed by atoms with Gasteiger partial charge in [0.1, 0.15) is 0 Å². The van der Waals surface area contributed by atoms with E-state index in [-0.39, 0.29) is 17.9 Å². The number of amides is 1. The normalized spacial score (nSPS) is 24.1. The zero-order chi connectivity index (χ0) is 14.4. The topological polar surface area (TPSA) is 67.9 Å². The Kier molecular flexibility index (Phi) is 6.08. The number of carbonyl (C=O) groups is 2. The highest BCUT2D eigenvalue weighted by Crippen LogP contribution is 2.20. The number of piperidine rings is 1. The lowest BCUT2D eigenvalue weighted by atomic mass is 9.93. The Morgan fingerprint density at radius 1 is 1.37 bits per heavy atom.